The molecule has 7 heteroatoms. The van der Waals surface area contributed by atoms with Gasteiger partial charge in [-0.2, -0.15) is 0 Å². The van der Waals surface area contributed by atoms with Crippen LogP contribution >= 0.6 is 0 Å². The summed E-state index contributed by atoms with van der Waals surface area (Å²) in [6.45, 7) is 0.586. The van der Waals surface area contributed by atoms with Crippen LogP contribution in [-0.2, 0) is 20.9 Å². The molecule has 2 aliphatic rings. The van der Waals surface area contributed by atoms with E-state index in [0.717, 1.165) is 24.1 Å². The van der Waals surface area contributed by atoms with E-state index in [1.54, 1.807) is 12.1 Å². The summed E-state index contributed by atoms with van der Waals surface area (Å²) < 4.78 is 5.59. The maximum atomic E-state index is 12.4. The Morgan fingerprint density at radius 3 is 2.59 bits per heavy atom. The molecule has 0 aromatic heterocycles. The Kier molecular flexibility index (Phi) is 5.46. The van der Waals surface area contributed by atoms with Crippen molar-refractivity contribution in [3.8, 4) is 5.75 Å². The second-order valence-electron chi connectivity index (χ2n) is 7.28. The topological polar surface area (TPSA) is 87.7 Å². The lowest BCUT2D eigenvalue weighted by Gasteiger charge is -2.21. The van der Waals surface area contributed by atoms with Gasteiger partial charge in [-0.15, -0.1) is 0 Å². The molecule has 1 aliphatic carbocycles. The summed E-state index contributed by atoms with van der Waals surface area (Å²) in [5.41, 5.74) is 2.28. The molecule has 29 heavy (non-hydrogen) atoms. The van der Waals surface area contributed by atoms with Gasteiger partial charge in [0.25, 0.3) is 0 Å². The second-order valence-corrected chi connectivity index (χ2v) is 7.28. The number of rotatable bonds is 6. The lowest BCUT2D eigenvalue weighted by atomic mass is 10.2. The molecule has 7 nitrogen and oxygen atoms in total. The van der Waals surface area contributed by atoms with Crippen molar-refractivity contribution < 1.29 is 19.1 Å². The van der Waals surface area contributed by atoms with Crippen LogP contribution in [0, 0.1) is 5.92 Å². The van der Waals surface area contributed by atoms with Crippen LogP contribution in [0.2, 0.25) is 0 Å². The Morgan fingerprint density at radius 1 is 1.07 bits per heavy atom. The van der Waals surface area contributed by atoms with Gasteiger partial charge in [-0.1, -0.05) is 24.3 Å². The number of benzene rings is 2. The predicted octanol–water partition coefficient (Wildman–Crippen LogP) is 2.47. The number of nitrogens with zero attached hydrogens (tertiary/aromatic N) is 1. The summed E-state index contributed by atoms with van der Waals surface area (Å²) >= 11 is 0. The summed E-state index contributed by atoms with van der Waals surface area (Å²) in [6.07, 6.45) is 2.16. The SMILES string of the molecule is O=C(CN1C(=O)CCOc2ccccc21)NCc1ccc(NC(=O)C2CC2)cc1. The van der Waals surface area contributed by atoms with Gasteiger partial charge in [0.2, 0.25) is 17.7 Å². The highest BCUT2D eigenvalue weighted by atomic mass is 16.5. The van der Waals surface area contributed by atoms with Crippen LogP contribution in [0.1, 0.15) is 24.8 Å². The quantitative estimate of drug-likeness (QED) is 0.789. The fraction of sp³-hybridized carbons (Fsp3) is 0.318. The molecule has 3 amide bonds. The Bertz CT molecular complexity index is 922. The van der Waals surface area contributed by atoms with Gasteiger partial charge in [0, 0.05) is 18.2 Å². The molecule has 1 saturated carbocycles. The molecule has 0 radical (unpaired) electrons. The highest BCUT2D eigenvalue weighted by molar-refractivity contribution is 6.00. The van der Waals surface area contributed by atoms with Crippen molar-refractivity contribution in [2.45, 2.75) is 25.8 Å². The number of carbonyl (C=O) groups excluding carboxylic acids is 3. The third-order valence-corrected chi connectivity index (χ3v) is 4.99. The van der Waals surface area contributed by atoms with E-state index in [4.69, 9.17) is 4.74 Å². The number of ether oxygens (including phenoxy) is 1. The zero-order chi connectivity index (χ0) is 20.2. The van der Waals surface area contributed by atoms with E-state index in [0.29, 0.717) is 24.6 Å². The number of nitrogens with one attached hydrogen (secondary N) is 2. The minimum atomic E-state index is -0.249. The molecule has 1 heterocycles. The van der Waals surface area contributed by atoms with E-state index < -0.39 is 0 Å². The van der Waals surface area contributed by atoms with Crippen molar-refractivity contribution in [2.75, 3.05) is 23.4 Å². The van der Waals surface area contributed by atoms with Gasteiger partial charge in [-0.3, -0.25) is 19.3 Å². The summed E-state index contributed by atoms with van der Waals surface area (Å²) in [5.74, 6) is 0.445. The fourth-order valence-corrected chi connectivity index (χ4v) is 3.19. The van der Waals surface area contributed by atoms with Crippen molar-refractivity contribution >= 4 is 29.1 Å². The van der Waals surface area contributed by atoms with Gasteiger partial charge >= 0.3 is 0 Å². The summed E-state index contributed by atoms with van der Waals surface area (Å²) in [5, 5.41) is 5.73. The Balaban J connectivity index is 1.32. The third kappa shape index (κ3) is 4.74. The van der Waals surface area contributed by atoms with Crippen molar-refractivity contribution in [3.05, 3.63) is 54.1 Å². The minimum absolute atomic E-state index is 0.0608. The van der Waals surface area contributed by atoms with E-state index in [1.807, 2.05) is 36.4 Å². The van der Waals surface area contributed by atoms with Gasteiger partial charge in [-0.25, -0.2) is 0 Å². The van der Waals surface area contributed by atoms with Crippen molar-refractivity contribution in [1.82, 2.24) is 5.32 Å². The lowest BCUT2D eigenvalue weighted by Crippen LogP contribution is -2.40. The summed E-state index contributed by atoms with van der Waals surface area (Å²) in [6, 6.07) is 14.6. The van der Waals surface area contributed by atoms with Crippen molar-refractivity contribution in [1.29, 1.82) is 0 Å². The maximum absolute atomic E-state index is 12.4. The van der Waals surface area contributed by atoms with Crippen LogP contribution in [0.15, 0.2) is 48.5 Å². The van der Waals surface area contributed by atoms with Crippen LogP contribution in [0.5, 0.6) is 5.75 Å². The van der Waals surface area contributed by atoms with Crippen LogP contribution in [0.3, 0.4) is 0 Å². The Morgan fingerprint density at radius 2 is 1.83 bits per heavy atom. The molecule has 0 atom stereocenters. The van der Waals surface area contributed by atoms with Gasteiger partial charge in [0.1, 0.15) is 12.3 Å². The van der Waals surface area contributed by atoms with Crippen LogP contribution in [-0.4, -0.2) is 30.9 Å². The zero-order valence-electron chi connectivity index (χ0n) is 16.0. The second kappa shape index (κ2) is 8.34. The third-order valence-electron chi connectivity index (χ3n) is 4.99. The summed E-state index contributed by atoms with van der Waals surface area (Å²) in [7, 11) is 0. The summed E-state index contributed by atoms with van der Waals surface area (Å²) in [4.78, 5) is 38.1. The molecular formula is C22H23N3O4. The number of hydrogen-bond donors (Lipinski definition) is 2. The zero-order valence-corrected chi connectivity index (χ0v) is 16.0. The van der Waals surface area contributed by atoms with E-state index in [1.165, 1.54) is 4.90 Å². The molecule has 2 aromatic carbocycles. The van der Waals surface area contributed by atoms with Crippen molar-refractivity contribution in [2.24, 2.45) is 5.92 Å². The average Bonchev–Trinajstić information content (AvgIpc) is 3.58. The van der Waals surface area contributed by atoms with Crippen LogP contribution < -0.4 is 20.3 Å². The highest BCUT2D eigenvalue weighted by Gasteiger charge is 2.29. The number of anilines is 2. The normalized spacial score (nSPS) is 15.7. The van der Waals surface area contributed by atoms with Crippen LogP contribution in [0.25, 0.3) is 0 Å². The average molecular weight is 393 g/mol. The molecule has 1 fully saturated rings. The van der Waals surface area contributed by atoms with Crippen LogP contribution in [0.4, 0.5) is 11.4 Å². The molecule has 4 rings (SSSR count). The molecule has 2 aromatic rings. The van der Waals surface area contributed by atoms with Gasteiger partial charge in [-0.05, 0) is 42.7 Å². The maximum Gasteiger partial charge on any atom is 0.240 e. The monoisotopic (exact) mass is 393 g/mol. The lowest BCUT2D eigenvalue weighted by molar-refractivity contribution is -0.124. The molecule has 0 spiro atoms. The smallest absolute Gasteiger partial charge is 0.240 e. The minimum Gasteiger partial charge on any atom is -0.491 e. The number of fused-ring (bicyclic) bond motifs is 1. The first-order valence-corrected chi connectivity index (χ1v) is 9.79. The van der Waals surface area contributed by atoms with Gasteiger partial charge < -0.3 is 15.4 Å². The predicted molar refractivity (Wildman–Crippen MR) is 109 cm³/mol. The number of carbonyl (C=O) groups is 3. The first-order valence-electron chi connectivity index (χ1n) is 9.79. The molecular weight excluding hydrogens is 370 g/mol. The Labute approximate surface area is 169 Å². The van der Waals surface area contributed by atoms with Gasteiger partial charge in [0.15, 0.2) is 0 Å². The number of amides is 3. The Hall–Kier alpha value is -3.35. The fourth-order valence-electron chi connectivity index (χ4n) is 3.19. The molecule has 0 unspecified atom stereocenters. The van der Waals surface area contributed by atoms with E-state index in [9.17, 15) is 14.4 Å². The van der Waals surface area contributed by atoms with Crippen molar-refractivity contribution in [3.63, 3.8) is 0 Å². The largest absolute Gasteiger partial charge is 0.491 e. The molecule has 0 saturated heterocycles. The van der Waals surface area contributed by atoms with E-state index in [-0.39, 0.29) is 36.6 Å². The number of para-hydroxylation sites is 2. The molecule has 2 N–H and O–H groups in total. The van der Waals surface area contributed by atoms with Gasteiger partial charge in [0.05, 0.1) is 18.7 Å². The molecule has 150 valence electrons. The number of hydrogen-bond acceptors (Lipinski definition) is 4. The first-order chi connectivity index (χ1) is 14.1. The molecule has 1 aliphatic heterocycles. The molecule has 0 bridgehead atoms. The standard InChI is InChI=1S/C22H23N3O4/c26-20(14-25-18-3-1-2-4-19(18)29-12-11-21(25)27)23-13-15-5-9-17(10-6-15)24-22(28)16-7-8-16/h1-6,9-10,16H,7-8,11-14H2,(H,23,26)(H,24,28). The first kappa shape index (κ1) is 19.0. The van der Waals surface area contributed by atoms with E-state index in [2.05, 4.69) is 10.6 Å². The van der Waals surface area contributed by atoms with E-state index >= 15 is 0 Å². The highest BCUT2D eigenvalue weighted by Crippen LogP contribution is 2.31.